The van der Waals surface area contributed by atoms with E-state index in [9.17, 15) is 18.0 Å². The molecule has 2 aromatic rings. The summed E-state index contributed by atoms with van der Waals surface area (Å²) >= 11 is 3.27. The lowest BCUT2D eigenvalue weighted by atomic mass is 10.2. The Bertz CT molecular complexity index is 702. The van der Waals surface area contributed by atoms with E-state index in [1.807, 2.05) is 0 Å². The van der Waals surface area contributed by atoms with E-state index in [0.717, 1.165) is 12.8 Å². The Morgan fingerprint density at radius 2 is 1.81 bits per heavy atom. The minimum atomic E-state index is -1.15. The molecule has 0 saturated heterocycles. The predicted molar refractivity (Wildman–Crippen MR) is 74.7 cm³/mol. The minimum absolute atomic E-state index is 0.236. The van der Waals surface area contributed by atoms with Crippen molar-refractivity contribution in [1.29, 1.82) is 0 Å². The van der Waals surface area contributed by atoms with E-state index in [1.165, 1.54) is 0 Å². The van der Waals surface area contributed by atoms with Crippen molar-refractivity contribution < 1.29 is 18.0 Å². The van der Waals surface area contributed by atoms with Crippen molar-refractivity contribution in [2.45, 2.75) is 18.9 Å². The van der Waals surface area contributed by atoms with Crippen molar-refractivity contribution in [3.63, 3.8) is 0 Å². The smallest absolute Gasteiger partial charge is 0.272 e. The number of halogens is 4. The molecule has 1 aromatic carbocycles. The lowest BCUT2D eigenvalue weighted by molar-refractivity contribution is 0.101. The Hall–Kier alpha value is -1.76. The number of aromatic nitrogens is 1. The largest absolute Gasteiger partial charge is 0.339 e. The lowest BCUT2D eigenvalue weighted by Gasteiger charge is -2.10. The van der Waals surface area contributed by atoms with E-state index in [1.54, 1.807) is 16.8 Å². The van der Waals surface area contributed by atoms with Crippen molar-refractivity contribution >= 4 is 27.5 Å². The van der Waals surface area contributed by atoms with Crippen molar-refractivity contribution in [3.05, 3.63) is 52.0 Å². The number of amides is 1. The van der Waals surface area contributed by atoms with Gasteiger partial charge in [-0.2, -0.15) is 0 Å². The van der Waals surface area contributed by atoms with Crippen molar-refractivity contribution in [1.82, 2.24) is 4.57 Å². The Balaban J connectivity index is 1.90. The van der Waals surface area contributed by atoms with Crippen LogP contribution in [0.4, 0.5) is 18.9 Å². The summed E-state index contributed by atoms with van der Waals surface area (Å²) in [6.45, 7) is 0. The van der Waals surface area contributed by atoms with Crippen LogP contribution >= 0.6 is 15.9 Å². The Morgan fingerprint density at radius 3 is 2.38 bits per heavy atom. The van der Waals surface area contributed by atoms with Gasteiger partial charge in [-0.1, -0.05) is 0 Å². The van der Waals surface area contributed by atoms with Gasteiger partial charge in [0.1, 0.15) is 17.2 Å². The molecule has 0 atom stereocenters. The molecule has 0 aliphatic heterocycles. The predicted octanol–water partition coefficient (Wildman–Crippen LogP) is 4.26. The van der Waals surface area contributed by atoms with E-state index < -0.39 is 29.0 Å². The second-order valence-electron chi connectivity index (χ2n) is 4.88. The molecule has 0 unspecified atom stereocenters. The van der Waals surface area contributed by atoms with Gasteiger partial charge in [0.2, 0.25) is 0 Å². The summed E-state index contributed by atoms with van der Waals surface area (Å²) in [4.78, 5) is 12.2. The average molecular weight is 359 g/mol. The van der Waals surface area contributed by atoms with E-state index in [0.29, 0.717) is 22.3 Å². The number of rotatable bonds is 3. The molecule has 1 aliphatic carbocycles. The van der Waals surface area contributed by atoms with Crippen LogP contribution in [0, 0.1) is 17.5 Å². The monoisotopic (exact) mass is 358 g/mol. The molecule has 0 spiro atoms. The number of carbonyl (C=O) groups excluding carboxylic acids is 1. The fraction of sp³-hybridized carbons (Fsp3) is 0.214. The number of hydrogen-bond acceptors (Lipinski definition) is 1. The molecule has 21 heavy (non-hydrogen) atoms. The normalized spacial score (nSPS) is 14.3. The highest BCUT2D eigenvalue weighted by molar-refractivity contribution is 9.10. The number of anilines is 1. The zero-order valence-corrected chi connectivity index (χ0v) is 12.3. The van der Waals surface area contributed by atoms with Crippen LogP contribution in [0.5, 0.6) is 0 Å². The highest BCUT2D eigenvalue weighted by atomic mass is 79.9. The number of hydrogen-bond donors (Lipinski definition) is 1. The second kappa shape index (κ2) is 5.22. The van der Waals surface area contributed by atoms with Gasteiger partial charge in [0, 0.05) is 28.8 Å². The van der Waals surface area contributed by atoms with Crippen LogP contribution in [-0.4, -0.2) is 10.5 Å². The van der Waals surface area contributed by atoms with E-state index in [-0.39, 0.29) is 6.04 Å². The zero-order chi connectivity index (χ0) is 15.1. The van der Waals surface area contributed by atoms with Gasteiger partial charge in [0.15, 0.2) is 11.6 Å². The summed E-state index contributed by atoms with van der Waals surface area (Å²) in [6, 6.07) is 2.86. The van der Waals surface area contributed by atoms with Gasteiger partial charge >= 0.3 is 0 Å². The van der Waals surface area contributed by atoms with Gasteiger partial charge in [-0.3, -0.25) is 4.79 Å². The van der Waals surface area contributed by atoms with Gasteiger partial charge in [-0.05, 0) is 34.8 Å². The second-order valence-corrected chi connectivity index (χ2v) is 5.80. The Morgan fingerprint density at radius 1 is 1.19 bits per heavy atom. The summed E-state index contributed by atoms with van der Waals surface area (Å²) in [6.07, 6.45) is 3.67. The molecule has 110 valence electrons. The molecule has 1 fully saturated rings. The number of nitrogens with one attached hydrogen (secondary N) is 1. The molecule has 1 aliphatic rings. The summed E-state index contributed by atoms with van der Waals surface area (Å²) in [5.74, 6) is -3.97. The molecular weight excluding hydrogens is 349 g/mol. The third-order valence-corrected chi connectivity index (χ3v) is 3.67. The molecule has 1 aromatic heterocycles. The fourth-order valence-electron chi connectivity index (χ4n) is 2.12. The molecule has 1 heterocycles. The van der Waals surface area contributed by atoms with Crippen molar-refractivity contribution in [2.75, 3.05) is 5.32 Å². The first-order valence-electron chi connectivity index (χ1n) is 6.29. The van der Waals surface area contributed by atoms with Crippen LogP contribution in [-0.2, 0) is 0 Å². The molecule has 7 heteroatoms. The summed E-state index contributed by atoms with van der Waals surface area (Å²) in [5, 5.41) is 2.16. The first-order chi connectivity index (χ1) is 9.95. The third kappa shape index (κ3) is 2.83. The zero-order valence-electron chi connectivity index (χ0n) is 10.7. The standard InChI is InChI=1S/C14H10BrF3N2O/c15-7-3-12(20(6-7)9-1-2-9)14(21)19-13-10(17)4-8(16)5-11(13)18/h3-6,9H,1-2H2,(H,19,21). The fourth-order valence-corrected chi connectivity index (χ4v) is 2.56. The van der Waals surface area contributed by atoms with Crippen LogP contribution in [0.2, 0.25) is 0 Å². The maximum atomic E-state index is 13.6. The van der Waals surface area contributed by atoms with Gasteiger partial charge in [0.25, 0.3) is 5.91 Å². The van der Waals surface area contributed by atoms with Crippen LogP contribution < -0.4 is 5.32 Å². The highest BCUT2D eigenvalue weighted by Crippen LogP contribution is 2.37. The first kappa shape index (κ1) is 14.2. The minimum Gasteiger partial charge on any atom is -0.339 e. The summed E-state index contributed by atoms with van der Waals surface area (Å²) < 4.78 is 42.4. The number of benzene rings is 1. The maximum absolute atomic E-state index is 13.6. The SMILES string of the molecule is O=C(Nc1c(F)cc(F)cc1F)c1cc(Br)cn1C1CC1. The van der Waals surface area contributed by atoms with Gasteiger partial charge in [0.05, 0.1) is 0 Å². The molecule has 1 N–H and O–H groups in total. The van der Waals surface area contributed by atoms with Crippen LogP contribution in [0.25, 0.3) is 0 Å². The Kier molecular flexibility index (Phi) is 3.52. The Labute approximate surface area is 126 Å². The first-order valence-corrected chi connectivity index (χ1v) is 7.08. The maximum Gasteiger partial charge on any atom is 0.272 e. The van der Waals surface area contributed by atoms with Crippen LogP contribution in [0.1, 0.15) is 29.4 Å². The topological polar surface area (TPSA) is 34.0 Å². The summed E-state index contributed by atoms with van der Waals surface area (Å²) in [5.41, 5.74) is -0.353. The van der Waals surface area contributed by atoms with E-state index in [4.69, 9.17) is 0 Å². The lowest BCUT2D eigenvalue weighted by Crippen LogP contribution is -2.18. The molecule has 0 radical (unpaired) electrons. The van der Waals surface area contributed by atoms with Gasteiger partial charge in [-0.25, -0.2) is 13.2 Å². The van der Waals surface area contributed by atoms with Gasteiger partial charge < -0.3 is 9.88 Å². The van der Waals surface area contributed by atoms with Gasteiger partial charge in [-0.15, -0.1) is 0 Å². The van der Waals surface area contributed by atoms with E-state index in [2.05, 4.69) is 21.2 Å². The number of carbonyl (C=O) groups is 1. The molecule has 0 bridgehead atoms. The average Bonchev–Trinajstić information content (AvgIpc) is 3.16. The summed E-state index contributed by atoms with van der Waals surface area (Å²) in [7, 11) is 0. The van der Waals surface area contributed by atoms with Crippen molar-refractivity contribution in [3.8, 4) is 0 Å². The van der Waals surface area contributed by atoms with Crippen LogP contribution in [0.15, 0.2) is 28.9 Å². The molecule has 1 saturated carbocycles. The quantitative estimate of drug-likeness (QED) is 0.873. The third-order valence-electron chi connectivity index (χ3n) is 3.23. The van der Waals surface area contributed by atoms with Crippen LogP contribution in [0.3, 0.4) is 0 Å². The highest BCUT2D eigenvalue weighted by Gasteiger charge is 2.28. The molecule has 3 nitrogen and oxygen atoms in total. The molecule has 1 amide bonds. The van der Waals surface area contributed by atoms with E-state index >= 15 is 0 Å². The molecular formula is C14H10BrF3N2O. The molecule has 3 rings (SSSR count). The number of nitrogens with zero attached hydrogens (tertiary/aromatic N) is 1. The van der Waals surface area contributed by atoms with Crippen molar-refractivity contribution in [2.24, 2.45) is 0 Å².